The average molecular weight is 386 g/mol. The zero-order valence-corrected chi connectivity index (χ0v) is 17.1. The highest BCUT2D eigenvalue weighted by atomic mass is 14.9. The molecule has 1 aliphatic carbocycles. The topological polar surface area (TPSA) is 4.93 Å². The Morgan fingerprint density at radius 1 is 0.700 bits per heavy atom. The molecule has 0 saturated carbocycles. The van der Waals surface area contributed by atoms with E-state index in [4.69, 9.17) is 0 Å². The van der Waals surface area contributed by atoms with Crippen molar-refractivity contribution in [2.24, 2.45) is 7.05 Å². The van der Waals surface area contributed by atoms with Gasteiger partial charge in [0.1, 0.15) is 0 Å². The van der Waals surface area contributed by atoms with Gasteiger partial charge in [0.05, 0.1) is 5.52 Å². The third kappa shape index (κ3) is 2.55. The van der Waals surface area contributed by atoms with Crippen LogP contribution in [0.4, 0.5) is 0 Å². The van der Waals surface area contributed by atoms with E-state index in [-0.39, 0.29) is 0 Å². The number of nitrogens with zero attached hydrogens (tertiary/aromatic N) is 1. The number of aromatic nitrogens is 1. The fraction of sp³-hybridized carbons (Fsp3) is 0.103. The van der Waals surface area contributed by atoms with Crippen molar-refractivity contribution in [3.05, 3.63) is 102 Å². The maximum Gasteiger partial charge on any atom is 0.0501 e. The lowest BCUT2D eigenvalue weighted by molar-refractivity contribution is 0.986. The molecule has 1 aromatic heterocycles. The van der Waals surface area contributed by atoms with Crippen molar-refractivity contribution < 1.29 is 0 Å². The van der Waals surface area contributed by atoms with Gasteiger partial charge in [-0.25, -0.2) is 0 Å². The molecule has 0 atom stereocenters. The minimum absolute atomic E-state index is 1.10. The highest BCUT2D eigenvalue weighted by Crippen LogP contribution is 2.41. The van der Waals surface area contributed by atoms with Crippen molar-refractivity contribution in [3.63, 3.8) is 0 Å². The molecule has 6 rings (SSSR count). The van der Waals surface area contributed by atoms with Crippen LogP contribution in [-0.4, -0.2) is 4.57 Å². The van der Waals surface area contributed by atoms with E-state index in [1.807, 2.05) is 0 Å². The molecule has 0 radical (unpaired) electrons. The van der Waals surface area contributed by atoms with Crippen LogP contribution >= 0.6 is 0 Å². The third-order valence-electron chi connectivity index (χ3n) is 6.48. The Labute approximate surface area is 176 Å². The zero-order valence-electron chi connectivity index (χ0n) is 17.1. The Bertz CT molecular complexity index is 1420. The molecular formula is C29H23N. The van der Waals surface area contributed by atoms with Crippen LogP contribution in [0.5, 0.6) is 0 Å². The molecule has 0 bridgehead atoms. The highest BCUT2D eigenvalue weighted by Gasteiger charge is 2.20. The summed E-state index contributed by atoms with van der Waals surface area (Å²) in [7, 11) is 2.20. The van der Waals surface area contributed by atoms with Gasteiger partial charge in [0.15, 0.2) is 0 Å². The minimum atomic E-state index is 1.10. The van der Waals surface area contributed by atoms with E-state index >= 15 is 0 Å². The summed E-state index contributed by atoms with van der Waals surface area (Å²) >= 11 is 0. The molecule has 4 aromatic carbocycles. The number of fused-ring (bicyclic) bond motifs is 5. The first-order valence-corrected chi connectivity index (χ1v) is 10.7. The van der Waals surface area contributed by atoms with Crippen molar-refractivity contribution in [2.45, 2.75) is 12.8 Å². The van der Waals surface area contributed by atoms with Crippen molar-refractivity contribution in [3.8, 4) is 22.3 Å². The number of hydrogen-bond acceptors (Lipinski definition) is 0. The van der Waals surface area contributed by atoms with E-state index < -0.39 is 0 Å². The first-order valence-electron chi connectivity index (χ1n) is 10.7. The van der Waals surface area contributed by atoms with Crippen molar-refractivity contribution in [2.75, 3.05) is 0 Å². The fourth-order valence-electron chi connectivity index (χ4n) is 5.00. The summed E-state index contributed by atoms with van der Waals surface area (Å²) in [5.41, 5.74) is 10.7. The van der Waals surface area contributed by atoms with Gasteiger partial charge in [0.25, 0.3) is 0 Å². The largest absolute Gasteiger partial charge is 0.344 e. The van der Waals surface area contributed by atoms with Crippen LogP contribution in [0, 0.1) is 0 Å². The van der Waals surface area contributed by atoms with E-state index in [0.29, 0.717) is 0 Å². The van der Waals surface area contributed by atoms with Gasteiger partial charge in [-0.05, 0) is 58.4 Å². The van der Waals surface area contributed by atoms with Gasteiger partial charge in [-0.3, -0.25) is 0 Å². The number of rotatable bonds is 2. The number of benzene rings is 4. The van der Waals surface area contributed by atoms with Crippen molar-refractivity contribution in [1.82, 2.24) is 4.57 Å². The van der Waals surface area contributed by atoms with Gasteiger partial charge < -0.3 is 4.57 Å². The van der Waals surface area contributed by atoms with Crippen molar-refractivity contribution in [1.29, 1.82) is 0 Å². The molecule has 1 heteroatoms. The molecule has 5 aromatic rings. The summed E-state index contributed by atoms with van der Waals surface area (Å²) in [5, 5.41) is 2.73. The molecule has 0 saturated heterocycles. The van der Waals surface area contributed by atoms with Crippen LogP contribution in [0.15, 0.2) is 91.0 Å². The molecule has 0 fully saturated rings. The first-order chi connectivity index (χ1) is 14.8. The lowest BCUT2D eigenvalue weighted by Gasteiger charge is -2.18. The van der Waals surface area contributed by atoms with Crippen LogP contribution in [0.3, 0.4) is 0 Å². The van der Waals surface area contributed by atoms with Crippen LogP contribution in [0.1, 0.15) is 17.5 Å². The number of hydrogen-bond donors (Lipinski definition) is 0. The van der Waals surface area contributed by atoms with Gasteiger partial charge >= 0.3 is 0 Å². The van der Waals surface area contributed by atoms with Gasteiger partial charge in [-0.1, -0.05) is 84.9 Å². The van der Waals surface area contributed by atoms with E-state index in [2.05, 4.69) is 109 Å². The van der Waals surface area contributed by atoms with Crippen LogP contribution in [-0.2, 0) is 13.5 Å². The molecule has 0 spiro atoms. The molecule has 0 aliphatic heterocycles. The summed E-state index contributed by atoms with van der Waals surface area (Å²) in [6, 6.07) is 30.8. The SMILES string of the molecule is Cn1c2cc(-c3ccccc3)ccc2c2c3c(c(-c4ccccc4)cc21)CCC=C3. The normalized spacial score (nSPS) is 13.1. The average Bonchev–Trinajstić information content (AvgIpc) is 3.11. The molecule has 144 valence electrons. The lowest BCUT2D eigenvalue weighted by atomic mass is 9.86. The molecule has 0 N–H and O–H groups in total. The highest BCUT2D eigenvalue weighted by molar-refractivity contribution is 6.14. The Balaban J connectivity index is 1.69. The molecule has 0 unspecified atom stereocenters. The van der Waals surface area contributed by atoms with Crippen molar-refractivity contribution >= 4 is 27.9 Å². The second kappa shape index (κ2) is 6.74. The predicted octanol–water partition coefficient (Wildman–Crippen LogP) is 7.62. The Hall–Kier alpha value is -3.58. The number of allylic oxidation sites excluding steroid dienone is 1. The van der Waals surface area contributed by atoms with Gasteiger partial charge in [0, 0.05) is 23.3 Å². The van der Waals surface area contributed by atoms with E-state index in [1.54, 1.807) is 0 Å². The Morgan fingerprint density at radius 3 is 2.20 bits per heavy atom. The third-order valence-corrected chi connectivity index (χ3v) is 6.48. The van der Waals surface area contributed by atoms with E-state index in [0.717, 1.165) is 12.8 Å². The minimum Gasteiger partial charge on any atom is -0.344 e. The summed E-state index contributed by atoms with van der Waals surface area (Å²) in [6.07, 6.45) is 6.89. The smallest absolute Gasteiger partial charge is 0.0501 e. The fourth-order valence-corrected chi connectivity index (χ4v) is 5.00. The number of aryl methyl sites for hydroxylation is 1. The van der Waals surface area contributed by atoms with Gasteiger partial charge in [0.2, 0.25) is 0 Å². The van der Waals surface area contributed by atoms with E-state index in [9.17, 15) is 0 Å². The van der Waals surface area contributed by atoms with Gasteiger partial charge in [-0.2, -0.15) is 0 Å². The maximum atomic E-state index is 2.41. The first kappa shape index (κ1) is 17.3. The predicted molar refractivity (Wildman–Crippen MR) is 129 cm³/mol. The second-order valence-corrected chi connectivity index (χ2v) is 8.17. The second-order valence-electron chi connectivity index (χ2n) is 8.17. The quantitative estimate of drug-likeness (QED) is 0.294. The molecule has 1 aliphatic rings. The molecule has 1 nitrogen and oxygen atoms in total. The summed E-state index contributed by atoms with van der Waals surface area (Å²) in [5.74, 6) is 0. The van der Waals surface area contributed by atoms with Gasteiger partial charge in [-0.15, -0.1) is 0 Å². The summed E-state index contributed by atoms with van der Waals surface area (Å²) < 4.78 is 2.37. The zero-order chi connectivity index (χ0) is 20.1. The van der Waals surface area contributed by atoms with Crippen LogP contribution in [0.25, 0.3) is 50.1 Å². The van der Waals surface area contributed by atoms with Crippen LogP contribution < -0.4 is 0 Å². The lowest BCUT2D eigenvalue weighted by Crippen LogP contribution is -1.99. The monoisotopic (exact) mass is 385 g/mol. The van der Waals surface area contributed by atoms with E-state index in [1.165, 1.54) is 55.2 Å². The Kier molecular flexibility index (Phi) is 3.89. The molecule has 1 heterocycles. The summed E-state index contributed by atoms with van der Waals surface area (Å²) in [6.45, 7) is 0. The standard InChI is InChI=1S/C29H23N/c1-30-27-18-22(20-10-4-2-5-11-20)16-17-25(27)29-24-15-9-8-14-23(24)26(19-28(29)30)21-12-6-3-7-13-21/h2-7,9-13,15-19H,8,14H2,1H3. The van der Waals surface area contributed by atoms with Crippen LogP contribution in [0.2, 0.25) is 0 Å². The maximum absolute atomic E-state index is 2.41. The molecule has 30 heavy (non-hydrogen) atoms. The molecule has 0 amide bonds. The summed E-state index contributed by atoms with van der Waals surface area (Å²) in [4.78, 5) is 0. The Morgan fingerprint density at radius 2 is 1.43 bits per heavy atom. The molecular weight excluding hydrogens is 362 g/mol.